The van der Waals surface area contributed by atoms with Crippen molar-refractivity contribution < 1.29 is 19.4 Å². The first kappa shape index (κ1) is 16.5. The molecule has 21 heavy (non-hydrogen) atoms. The summed E-state index contributed by atoms with van der Waals surface area (Å²) in [4.78, 5) is 24.2. The molecule has 0 bridgehead atoms. The Morgan fingerprint density at radius 1 is 1.48 bits per heavy atom. The van der Waals surface area contributed by atoms with E-state index in [1.165, 1.54) is 4.88 Å². The van der Waals surface area contributed by atoms with Crippen LogP contribution >= 0.6 is 27.3 Å². The summed E-state index contributed by atoms with van der Waals surface area (Å²) in [6, 6.07) is 4.04. The Labute approximate surface area is 135 Å². The molecule has 0 spiro atoms. The van der Waals surface area contributed by atoms with Crippen molar-refractivity contribution in [3.63, 3.8) is 0 Å². The highest BCUT2D eigenvalue weighted by Crippen LogP contribution is 2.24. The highest BCUT2D eigenvalue weighted by molar-refractivity contribution is 9.11. The molecule has 2 heterocycles. The monoisotopic (exact) mass is 375 g/mol. The van der Waals surface area contributed by atoms with Crippen molar-refractivity contribution in [3.8, 4) is 0 Å². The number of aliphatic carboxylic acids is 1. The van der Waals surface area contributed by atoms with Crippen LogP contribution < -0.4 is 5.32 Å². The van der Waals surface area contributed by atoms with E-state index >= 15 is 0 Å². The lowest BCUT2D eigenvalue weighted by Crippen LogP contribution is -2.50. The van der Waals surface area contributed by atoms with E-state index in [4.69, 9.17) is 9.84 Å². The molecule has 1 fully saturated rings. The van der Waals surface area contributed by atoms with Gasteiger partial charge < -0.3 is 15.2 Å². The fourth-order valence-corrected chi connectivity index (χ4v) is 3.97. The minimum atomic E-state index is -0.913. The largest absolute Gasteiger partial charge is 0.481 e. The Morgan fingerprint density at radius 2 is 2.29 bits per heavy atom. The molecule has 0 saturated carbocycles. The molecule has 7 heteroatoms. The summed E-state index contributed by atoms with van der Waals surface area (Å²) in [5.41, 5.74) is -0.727. The molecule has 1 aliphatic rings. The first-order valence-corrected chi connectivity index (χ1v) is 8.45. The number of hydrogen-bond acceptors (Lipinski definition) is 4. The van der Waals surface area contributed by atoms with Gasteiger partial charge in [0, 0.05) is 17.9 Å². The van der Waals surface area contributed by atoms with E-state index in [1.807, 2.05) is 12.1 Å². The third kappa shape index (κ3) is 5.09. The van der Waals surface area contributed by atoms with Gasteiger partial charge in [-0.3, -0.25) is 9.59 Å². The van der Waals surface area contributed by atoms with E-state index in [0.29, 0.717) is 19.4 Å². The van der Waals surface area contributed by atoms with E-state index in [0.717, 1.165) is 16.6 Å². The molecule has 116 valence electrons. The van der Waals surface area contributed by atoms with Crippen LogP contribution in [0.1, 0.15) is 30.6 Å². The van der Waals surface area contributed by atoms with Gasteiger partial charge in [-0.25, -0.2) is 0 Å². The summed E-state index contributed by atoms with van der Waals surface area (Å²) < 4.78 is 6.35. The Morgan fingerprint density at radius 3 is 2.86 bits per heavy atom. The first-order valence-electron chi connectivity index (χ1n) is 6.84. The zero-order valence-corrected chi connectivity index (χ0v) is 14.0. The second-order valence-corrected chi connectivity index (χ2v) is 7.81. The number of hydrogen-bond donors (Lipinski definition) is 2. The van der Waals surface area contributed by atoms with Crippen LogP contribution in [0.5, 0.6) is 0 Å². The van der Waals surface area contributed by atoms with Gasteiger partial charge in [0.1, 0.15) is 0 Å². The van der Waals surface area contributed by atoms with Gasteiger partial charge in [-0.1, -0.05) is 0 Å². The van der Waals surface area contributed by atoms with Gasteiger partial charge in [-0.05, 0) is 47.3 Å². The van der Waals surface area contributed by atoms with Crippen LogP contribution in [-0.4, -0.2) is 35.7 Å². The second kappa shape index (κ2) is 7.38. The maximum absolute atomic E-state index is 12.0. The standard InChI is InChI=1S/C14H18BrNO4S/c15-11-5-4-10(21-11)2-1-3-12(17)16-14(8-13(18)19)6-7-20-9-14/h4-5H,1-3,6-9H2,(H,16,17)(H,18,19). The zero-order chi connectivity index (χ0) is 15.3. The van der Waals surface area contributed by atoms with Crippen LogP contribution in [0.4, 0.5) is 0 Å². The van der Waals surface area contributed by atoms with Gasteiger partial charge >= 0.3 is 5.97 Å². The van der Waals surface area contributed by atoms with Crippen LogP contribution in [0.3, 0.4) is 0 Å². The second-order valence-electron chi connectivity index (χ2n) is 5.26. The van der Waals surface area contributed by atoms with Crippen LogP contribution in [0.25, 0.3) is 0 Å². The summed E-state index contributed by atoms with van der Waals surface area (Å²) >= 11 is 5.08. The molecule has 0 radical (unpaired) electrons. The lowest BCUT2D eigenvalue weighted by molar-refractivity contribution is -0.139. The van der Waals surface area contributed by atoms with Gasteiger partial charge in [0.15, 0.2) is 0 Å². The molecule has 1 aromatic rings. The van der Waals surface area contributed by atoms with Gasteiger partial charge in [-0.15, -0.1) is 11.3 Å². The number of aryl methyl sites for hydroxylation is 1. The highest BCUT2D eigenvalue weighted by atomic mass is 79.9. The lowest BCUT2D eigenvalue weighted by Gasteiger charge is -2.27. The number of carbonyl (C=O) groups is 2. The molecule has 2 N–H and O–H groups in total. The molecular formula is C14H18BrNO4S. The number of carbonyl (C=O) groups excluding carboxylic acids is 1. The van der Waals surface area contributed by atoms with E-state index < -0.39 is 11.5 Å². The van der Waals surface area contributed by atoms with Crippen molar-refractivity contribution >= 4 is 39.1 Å². The normalized spacial score (nSPS) is 21.4. The Hall–Kier alpha value is -0.920. The van der Waals surface area contributed by atoms with Gasteiger partial charge in [0.05, 0.1) is 22.4 Å². The van der Waals surface area contributed by atoms with Crippen molar-refractivity contribution in [1.82, 2.24) is 5.32 Å². The quantitative estimate of drug-likeness (QED) is 0.767. The van der Waals surface area contributed by atoms with Crippen LogP contribution in [0, 0.1) is 0 Å². The Balaban J connectivity index is 1.78. The minimum absolute atomic E-state index is 0.0867. The Kier molecular flexibility index (Phi) is 5.78. The lowest BCUT2D eigenvalue weighted by atomic mass is 9.94. The van der Waals surface area contributed by atoms with Crippen molar-refractivity contribution in [2.75, 3.05) is 13.2 Å². The fourth-order valence-electron chi connectivity index (χ4n) is 2.45. The molecule has 0 aliphatic carbocycles. The average Bonchev–Trinajstić information content (AvgIpc) is 2.98. The fraction of sp³-hybridized carbons (Fsp3) is 0.571. The zero-order valence-electron chi connectivity index (χ0n) is 11.6. The van der Waals surface area contributed by atoms with E-state index in [2.05, 4.69) is 21.2 Å². The van der Waals surface area contributed by atoms with Gasteiger partial charge in [0.2, 0.25) is 5.91 Å². The van der Waals surface area contributed by atoms with E-state index in [-0.39, 0.29) is 18.9 Å². The molecule has 1 amide bonds. The number of rotatable bonds is 7. The van der Waals surface area contributed by atoms with Crippen LogP contribution in [0.15, 0.2) is 15.9 Å². The first-order chi connectivity index (χ1) is 9.99. The molecule has 1 saturated heterocycles. The number of ether oxygens (including phenoxy) is 1. The summed E-state index contributed by atoms with van der Waals surface area (Å²) in [6.07, 6.45) is 2.48. The molecular weight excluding hydrogens is 358 g/mol. The molecule has 1 aromatic heterocycles. The average molecular weight is 376 g/mol. The number of carboxylic acid groups (broad SMARTS) is 1. The molecule has 1 atom stereocenters. The van der Waals surface area contributed by atoms with Crippen molar-refractivity contribution in [2.24, 2.45) is 0 Å². The van der Waals surface area contributed by atoms with Crippen molar-refractivity contribution in [1.29, 1.82) is 0 Å². The van der Waals surface area contributed by atoms with Crippen LogP contribution in [-0.2, 0) is 20.7 Å². The summed E-state index contributed by atoms with van der Waals surface area (Å²) in [7, 11) is 0. The molecule has 2 rings (SSSR count). The molecule has 5 nitrogen and oxygen atoms in total. The molecule has 1 aliphatic heterocycles. The topological polar surface area (TPSA) is 75.6 Å². The highest BCUT2D eigenvalue weighted by Gasteiger charge is 2.38. The van der Waals surface area contributed by atoms with Crippen molar-refractivity contribution in [2.45, 2.75) is 37.6 Å². The summed E-state index contributed by atoms with van der Waals surface area (Å²) in [5, 5.41) is 11.8. The predicted molar refractivity (Wildman–Crippen MR) is 83.5 cm³/mol. The Bertz CT molecular complexity index is 511. The number of amides is 1. The maximum atomic E-state index is 12.0. The van der Waals surface area contributed by atoms with E-state index in [1.54, 1.807) is 11.3 Å². The maximum Gasteiger partial charge on any atom is 0.305 e. The summed E-state index contributed by atoms with van der Waals surface area (Å²) in [5.74, 6) is -1.01. The predicted octanol–water partition coefficient (Wildman–Crippen LogP) is 2.58. The van der Waals surface area contributed by atoms with Gasteiger partial charge in [-0.2, -0.15) is 0 Å². The van der Waals surface area contributed by atoms with Crippen molar-refractivity contribution in [3.05, 3.63) is 20.8 Å². The minimum Gasteiger partial charge on any atom is -0.481 e. The smallest absolute Gasteiger partial charge is 0.305 e. The van der Waals surface area contributed by atoms with E-state index in [9.17, 15) is 9.59 Å². The van der Waals surface area contributed by atoms with Gasteiger partial charge in [0.25, 0.3) is 0 Å². The third-order valence-corrected chi connectivity index (χ3v) is 5.14. The number of halogens is 1. The molecule has 0 aromatic carbocycles. The third-order valence-electron chi connectivity index (χ3n) is 3.45. The number of nitrogens with one attached hydrogen (secondary N) is 1. The number of thiophene rings is 1. The molecule has 1 unspecified atom stereocenters. The summed E-state index contributed by atoms with van der Waals surface area (Å²) in [6.45, 7) is 0.777. The SMILES string of the molecule is O=C(O)CC1(NC(=O)CCCc2ccc(Br)s2)CCOC1. The number of carboxylic acids is 1. The van der Waals surface area contributed by atoms with Crippen LogP contribution in [0.2, 0.25) is 0 Å².